The van der Waals surface area contributed by atoms with E-state index in [-0.39, 0.29) is 31.6 Å². The average Bonchev–Trinajstić information content (AvgIpc) is 3.63. The van der Waals surface area contributed by atoms with Crippen molar-refractivity contribution in [1.82, 2.24) is 4.90 Å². The van der Waals surface area contributed by atoms with Crippen LogP contribution in [-0.2, 0) is 23.9 Å². The lowest BCUT2D eigenvalue weighted by Gasteiger charge is -2.37. The Hall–Kier alpha value is -3.17. The molecule has 0 aromatic heterocycles. The number of likely N-dealkylation sites (tertiary alicyclic amines) is 1. The second kappa shape index (κ2) is 14.1. The third-order valence-electron chi connectivity index (χ3n) is 9.69. The van der Waals surface area contributed by atoms with Crippen LogP contribution in [0.3, 0.4) is 0 Å². The molecule has 1 aromatic carbocycles. The third kappa shape index (κ3) is 5.86. The molecule has 1 N–H and O–H groups in total. The maximum absolute atomic E-state index is 14.8. The predicted octanol–water partition coefficient (Wildman–Crippen LogP) is 4.49. The number of amides is 2. The van der Waals surface area contributed by atoms with Crippen LogP contribution in [0.2, 0.25) is 0 Å². The van der Waals surface area contributed by atoms with Gasteiger partial charge in [0.25, 0.3) is 5.91 Å². The van der Waals surface area contributed by atoms with Gasteiger partial charge in [-0.15, -0.1) is 6.58 Å². The Morgan fingerprint density at radius 3 is 2.33 bits per heavy atom. The van der Waals surface area contributed by atoms with Gasteiger partial charge in [-0.05, 0) is 70.2 Å². The minimum absolute atomic E-state index is 0.0522. The number of aliphatic hydroxyl groups excluding tert-OH is 1. The molecule has 1 aromatic rings. The van der Waals surface area contributed by atoms with Crippen LogP contribution in [0.25, 0.3) is 0 Å². The van der Waals surface area contributed by atoms with Crippen molar-refractivity contribution in [1.29, 1.82) is 0 Å². The Labute approximate surface area is 256 Å². The molecule has 4 rings (SSSR count). The summed E-state index contributed by atoms with van der Waals surface area (Å²) in [5.41, 5.74) is -0.176. The van der Waals surface area contributed by atoms with E-state index in [9.17, 15) is 19.5 Å². The van der Waals surface area contributed by atoms with Crippen molar-refractivity contribution in [2.75, 3.05) is 49.2 Å². The first-order valence-corrected chi connectivity index (χ1v) is 15.9. The zero-order chi connectivity index (χ0) is 31.2. The Morgan fingerprint density at radius 2 is 1.72 bits per heavy atom. The number of ether oxygens (including phenoxy) is 2. The summed E-state index contributed by atoms with van der Waals surface area (Å²) in [6.07, 6.45) is 7.87. The van der Waals surface area contributed by atoms with Crippen molar-refractivity contribution >= 4 is 29.2 Å². The molecule has 3 aliphatic rings. The third-order valence-corrected chi connectivity index (χ3v) is 9.69. The molecule has 2 unspecified atom stereocenters. The van der Waals surface area contributed by atoms with Crippen LogP contribution in [-0.4, -0.2) is 84.4 Å². The van der Waals surface area contributed by atoms with Gasteiger partial charge in [-0.3, -0.25) is 14.4 Å². The van der Waals surface area contributed by atoms with Gasteiger partial charge in [0.15, 0.2) is 0 Å². The van der Waals surface area contributed by atoms with Crippen molar-refractivity contribution in [3.8, 4) is 0 Å². The topological polar surface area (TPSA) is 99.6 Å². The Balaban J connectivity index is 1.73. The van der Waals surface area contributed by atoms with E-state index in [1.54, 1.807) is 15.9 Å². The number of benzene rings is 1. The van der Waals surface area contributed by atoms with E-state index in [4.69, 9.17) is 9.47 Å². The summed E-state index contributed by atoms with van der Waals surface area (Å²) in [6, 6.07) is 7.03. The number of esters is 1. The maximum atomic E-state index is 14.8. The Kier molecular flexibility index (Phi) is 10.7. The molecule has 3 aliphatic heterocycles. The smallest absolute Gasteiger partial charge is 0.313 e. The number of carbonyl (C=O) groups excluding carboxylic acids is 3. The van der Waals surface area contributed by atoms with Gasteiger partial charge in [-0.1, -0.05) is 38.5 Å². The number of rotatable bonds is 17. The summed E-state index contributed by atoms with van der Waals surface area (Å²) >= 11 is 0. The van der Waals surface area contributed by atoms with Crippen LogP contribution in [0.15, 0.2) is 49.6 Å². The second-order valence-electron chi connectivity index (χ2n) is 11.8. The molecule has 9 nitrogen and oxygen atoms in total. The van der Waals surface area contributed by atoms with Gasteiger partial charge in [-0.2, -0.15) is 0 Å². The summed E-state index contributed by atoms with van der Waals surface area (Å²) in [5.74, 6) is -2.48. The summed E-state index contributed by atoms with van der Waals surface area (Å²) in [6.45, 7) is 16.3. The van der Waals surface area contributed by atoms with Gasteiger partial charge in [0.2, 0.25) is 5.91 Å². The molecule has 3 saturated heterocycles. The average molecular weight is 596 g/mol. The van der Waals surface area contributed by atoms with Gasteiger partial charge < -0.3 is 29.3 Å². The Bertz CT molecular complexity index is 1170. The molecule has 3 heterocycles. The van der Waals surface area contributed by atoms with Crippen molar-refractivity contribution < 1.29 is 29.0 Å². The minimum atomic E-state index is -1.12. The number of aliphatic hydroxyl groups is 1. The van der Waals surface area contributed by atoms with Crippen LogP contribution in [0.1, 0.15) is 65.7 Å². The van der Waals surface area contributed by atoms with Gasteiger partial charge in [0.1, 0.15) is 24.2 Å². The number of unbranched alkanes of at least 4 members (excludes halogenated alkanes) is 3. The van der Waals surface area contributed by atoms with Crippen LogP contribution in [0.4, 0.5) is 11.4 Å². The Morgan fingerprint density at radius 1 is 1.05 bits per heavy atom. The van der Waals surface area contributed by atoms with E-state index in [1.807, 2.05) is 31.2 Å². The molecule has 9 heteroatoms. The SMILES string of the molecule is C=CCOC(=O)[C@@H]1[C@H]2C(=O)N(CCCCCCO)C(C(=O)N(CC=C)c3ccc(N(CC)CC)cc3)C23CC[C@@]1(CC)O3. The summed E-state index contributed by atoms with van der Waals surface area (Å²) in [4.78, 5) is 48.2. The van der Waals surface area contributed by atoms with Crippen LogP contribution in [0.5, 0.6) is 0 Å². The number of carbonyl (C=O) groups is 3. The van der Waals surface area contributed by atoms with E-state index < -0.39 is 35.0 Å². The molecule has 2 amide bonds. The first-order chi connectivity index (χ1) is 20.8. The summed E-state index contributed by atoms with van der Waals surface area (Å²) in [5, 5.41) is 9.21. The molecule has 5 atom stereocenters. The summed E-state index contributed by atoms with van der Waals surface area (Å²) in [7, 11) is 0. The number of nitrogens with zero attached hydrogens (tertiary/aromatic N) is 3. The molecule has 0 aliphatic carbocycles. The van der Waals surface area contributed by atoms with Crippen molar-refractivity contribution in [3.63, 3.8) is 0 Å². The standard InChI is InChI=1S/C34H49N3O6/c1-6-21-36(26-17-15-25(16-18-26)35(9-4)10-5)31(40)29-34-20-19-33(8-3,43-34)28(32(41)42-24-7-2)27(34)30(39)37(29)22-13-11-12-14-23-38/h6-7,15-18,27-29,38H,1-2,8-14,19-24H2,3-5H3/t27-,28-,29?,33+,34?/m0/s1. The molecule has 2 bridgehead atoms. The molecule has 1 spiro atoms. The zero-order valence-electron chi connectivity index (χ0n) is 26.1. The lowest BCUT2D eigenvalue weighted by molar-refractivity contribution is -0.159. The lowest BCUT2D eigenvalue weighted by atomic mass is 9.65. The van der Waals surface area contributed by atoms with Gasteiger partial charge in [0, 0.05) is 44.2 Å². The number of hydrogen-bond acceptors (Lipinski definition) is 7. The van der Waals surface area contributed by atoms with E-state index in [0.717, 1.165) is 37.3 Å². The fourth-order valence-electron chi connectivity index (χ4n) is 7.61. The maximum Gasteiger partial charge on any atom is 0.313 e. The zero-order valence-corrected chi connectivity index (χ0v) is 26.1. The minimum Gasteiger partial charge on any atom is -0.461 e. The number of hydrogen-bond donors (Lipinski definition) is 1. The van der Waals surface area contributed by atoms with E-state index in [2.05, 4.69) is 31.9 Å². The van der Waals surface area contributed by atoms with Crippen molar-refractivity contribution in [2.24, 2.45) is 11.8 Å². The molecule has 43 heavy (non-hydrogen) atoms. The van der Waals surface area contributed by atoms with E-state index in [1.165, 1.54) is 6.08 Å². The molecular weight excluding hydrogens is 546 g/mol. The molecule has 236 valence electrons. The fourth-order valence-corrected chi connectivity index (χ4v) is 7.61. The van der Waals surface area contributed by atoms with E-state index in [0.29, 0.717) is 38.6 Å². The normalized spacial score (nSPS) is 27.2. The molecule has 0 radical (unpaired) electrons. The highest BCUT2D eigenvalue weighted by Gasteiger charge is 2.79. The first-order valence-electron chi connectivity index (χ1n) is 15.9. The van der Waals surface area contributed by atoms with Gasteiger partial charge in [-0.25, -0.2) is 0 Å². The highest BCUT2D eigenvalue weighted by atomic mass is 16.6. The van der Waals surface area contributed by atoms with Crippen LogP contribution in [0, 0.1) is 11.8 Å². The highest BCUT2D eigenvalue weighted by Crippen LogP contribution is 2.64. The second-order valence-corrected chi connectivity index (χ2v) is 11.8. The summed E-state index contributed by atoms with van der Waals surface area (Å²) < 4.78 is 12.4. The van der Waals surface area contributed by atoms with Gasteiger partial charge in [0.05, 0.1) is 11.5 Å². The van der Waals surface area contributed by atoms with Crippen LogP contribution < -0.4 is 9.80 Å². The van der Waals surface area contributed by atoms with Crippen molar-refractivity contribution in [3.05, 3.63) is 49.6 Å². The first kappa shape index (κ1) is 32.7. The predicted molar refractivity (Wildman–Crippen MR) is 168 cm³/mol. The van der Waals surface area contributed by atoms with Gasteiger partial charge >= 0.3 is 5.97 Å². The highest BCUT2D eigenvalue weighted by molar-refractivity contribution is 6.05. The monoisotopic (exact) mass is 595 g/mol. The van der Waals surface area contributed by atoms with E-state index >= 15 is 0 Å². The van der Waals surface area contributed by atoms with Crippen LogP contribution >= 0.6 is 0 Å². The molecule has 3 fully saturated rings. The lowest BCUT2D eigenvalue weighted by Crippen LogP contribution is -2.56. The van der Waals surface area contributed by atoms with Crippen molar-refractivity contribution in [2.45, 2.75) is 83.0 Å². The fraction of sp³-hybridized carbons (Fsp3) is 0.618. The molecule has 0 saturated carbocycles. The molecular formula is C34H49N3O6. The largest absolute Gasteiger partial charge is 0.461 e. The quantitative estimate of drug-likeness (QED) is 0.161. The number of anilines is 2. The number of fused-ring (bicyclic) bond motifs is 1.